The second-order valence-electron chi connectivity index (χ2n) is 12.1. The van der Waals surface area contributed by atoms with Gasteiger partial charge in [-0.3, -0.25) is 0 Å². The van der Waals surface area contributed by atoms with Crippen molar-refractivity contribution in [1.29, 1.82) is 5.26 Å². The van der Waals surface area contributed by atoms with Crippen LogP contribution in [-0.4, -0.2) is 65.6 Å². The van der Waals surface area contributed by atoms with Crippen molar-refractivity contribution in [2.45, 2.75) is 77.6 Å². The van der Waals surface area contributed by atoms with Crippen LogP contribution in [0.4, 0.5) is 32.4 Å². The molecule has 1 amide bonds. The molecule has 256 valence electrons. The number of rotatable bonds is 13. The van der Waals surface area contributed by atoms with E-state index in [0.29, 0.717) is 56.9 Å². The number of fused-ring (bicyclic) bond motifs is 1. The van der Waals surface area contributed by atoms with Crippen LogP contribution in [0.2, 0.25) is 0 Å². The third-order valence-electron chi connectivity index (χ3n) is 7.10. The Morgan fingerprint density at radius 3 is 2.51 bits per heavy atom. The maximum Gasteiger partial charge on any atom is 0.573 e. The molecule has 0 spiro atoms. The van der Waals surface area contributed by atoms with Crippen LogP contribution in [-0.2, 0) is 20.8 Å². The van der Waals surface area contributed by atoms with Gasteiger partial charge in [0, 0.05) is 43.9 Å². The van der Waals surface area contributed by atoms with Crippen LogP contribution in [0.3, 0.4) is 0 Å². The molecule has 47 heavy (non-hydrogen) atoms. The Balaban J connectivity index is 1.28. The predicted octanol–water partition coefficient (Wildman–Crippen LogP) is 7.43. The van der Waals surface area contributed by atoms with Gasteiger partial charge in [-0.1, -0.05) is 0 Å². The number of aromatic nitrogens is 2. The quantitative estimate of drug-likeness (QED) is 0.148. The van der Waals surface area contributed by atoms with E-state index < -0.39 is 35.4 Å². The molecule has 1 fully saturated rings. The largest absolute Gasteiger partial charge is 0.573 e. The van der Waals surface area contributed by atoms with Gasteiger partial charge in [0.15, 0.2) is 17.9 Å². The third kappa shape index (κ3) is 10.4. The second-order valence-corrected chi connectivity index (χ2v) is 12.1. The molecule has 4 rings (SSSR count). The van der Waals surface area contributed by atoms with Gasteiger partial charge in [0.25, 0.3) is 0 Å². The van der Waals surface area contributed by atoms with Crippen LogP contribution in [0.25, 0.3) is 10.9 Å². The van der Waals surface area contributed by atoms with Crippen molar-refractivity contribution in [3.8, 4) is 11.8 Å². The minimum absolute atomic E-state index is 0.0749. The number of ether oxygens (including phenoxy) is 4. The van der Waals surface area contributed by atoms with E-state index in [1.165, 1.54) is 4.90 Å². The highest BCUT2D eigenvalue weighted by Crippen LogP contribution is 2.32. The van der Waals surface area contributed by atoms with E-state index in [0.717, 1.165) is 35.9 Å². The molecule has 1 N–H and O–H groups in total. The summed E-state index contributed by atoms with van der Waals surface area (Å²) < 4.78 is 88.4. The van der Waals surface area contributed by atoms with Crippen molar-refractivity contribution in [2.24, 2.45) is 0 Å². The van der Waals surface area contributed by atoms with Gasteiger partial charge in [0.05, 0.1) is 30.0 Å². The Morgan fingerprint density at radius 2 is 1.87 bits per heavy atom. The number of hydrogen-bond acceptors (Lipinski definition) is 8. The summed E-state index contributed by atoms with van der Waals surface area (Å²) in [5.74, 6) is -4.66. The number of anilines is 1. The van der Waals surface area contributed by atoms with Crippen molar-refractivity contribution in [3.05, 3.63) is 53.2 Å². The van der Waals surface area contributed by atoms with Crippen LogP contribution in [0.15, 0.2) is 30.5 Å². The number of amides is 1. The van der Waals surface area contributed by atoms with Gasteiger partial charge in [-0.2, -0.15) is 10.4 Å². The van der Waals surface area contributed by atoms with E-state index in [1.54, 1.807) is 39.1 Å². The summed E-state index contributed by atoms with van der Waals surface area (Å²) in [5.41, 5.74) is 1.12. The molecule has 10 nitrogen and oxygen atoms in total. The summed E-state index contributed by atoms with van der Waals surface area (Å²) >= 11 is 0. The molecule has 1 atom stereocenters. The van der Waals surface area contributed by atoms with Crippen LogP contribution < -0.4 is 10.1 Å². The normalized spacial score (nSPS) is 15.3. The van der Waals surface area contributed by atoms with Crippen LogP contribution in [0.5, 0.6) is 5.75 Å². The maximum absolute atomic E-state index is 14.3. The molecular formula is C32H38F5N5O5. The first-order valence-corrected chi connectivity index (χ1v) is 15.3. The highest BCUT2D eigenvalue weighted by Gasteiger charge is 2.34. The zero-order valence-electron chi connectivity index (χ0n) is 26.5. The summed E-state index contributed by atoms with van der Waals surface area (Å²) in [4.78, 5) is 14.0. The van der Waals surface area contributed by atoms with Gasteiger partial charge in [-0.05, 0) is 82.7 Å². The molecule has 1 saturated heterocycles. The number of carbonyl (C=O) groups is 1. The fourth-order valence-corrected chi connectivity index (χ4v) is 5.07. The first-order chi connectivity index (χ1) is 22.2. The second kappa shape index (κ2) is 15.6. The molecule has 0 radical (unpaired) electrons. The first-order valence-electron chi connectivity index (χ1n) is 15.3. The molecule has 1 aromatic heterocycles. The van der Waals surface area contributed by atoms with Crippen molar-refractivity contribution >= 4 is 22.7 Å². The SMILES string of the molecule is CC(C)(C)OC(=O)N(CCCCOCCNc1cc(C#N)cc2c1cnn2C1CCCCO1)Cc1cc(F)c(OC(F)(F)F)c(F)c1. The third-order valence-corrected chi connectivity index (χ3v) is 7.10. The number of nitriles is 1. The molecule has 15 heteroatoms. The number of nitrogens with one attached hydrogen (secondary N) is 1. The summed E-state index contributed by atoms with van der Waals surface area (Å²) in [6.45, 7) is 6.62. The van der Waals surface area contributed by atoms with Crippen LogP contribution >= 0.6 is 0 Å². The minimum atomic E-state index is -5.27. The zero-order chi connectivity index (χ0) is 34.2. The summed E-state index contributed by atoms with van der Waals surface area (Å²) in [6, 6.07) is 7.12. The van der Waals surface area contributed by atoms with Crippen molar-refractivity contribution in [2.75, 3.05) is 38.2 Å². The highest BCUT2D eigenvalue weighted by molar-refractivity contribution is 5.92. The number of nitrogens with zero attached hydrogens (tertiary/aromatic N) is 4. The Morgan fingerprint density at radius 1 is 1.13 bits per heavy atom. The average Bonchev–Trinajstić information content (AvgIpc) is 3.43. The molecular weight excluding hydrogens is 629 g/mol. The fourth-order valence-electron chi connectivity index (χ4n) is 5.07. The average molecular weight is 668 g/mol. The monoisotopic (exact) mass is 667 g/mol. The van der Waals surface area contributed by atoms with Crippen molar-refractivity contribution in [1.82, 2.24) is 14.7 Å². The molecule has 1 unspecified atom stereocenters. The number of alkyl halides is 3. The van der Waals surface area contributed by atoms with E-state index in [-0.39, 0.29) is 24.9 Å². The van der Waals surface area contributed by atoms with Gasteiger partial charge in [-0.15, -0.1) is 13.2 Å². The van der Waals surface area contributed by atoms with Crippen LogP contribution in [0, 0.1) is 23.0 Å². The van der Waals surface area contributed by atoms with Gasteiger partial charge in [0.1, 0.15) is 5.60 Å². The Hall–Kier alpha value is -4.16. The molecule has 0 bridgehead atoms. The van der Waals surface area contributed by atoms with E-state index >= 15 is 0 Å². The van der Waals surface area contributed by atoms with Gasteiger partial charge < -0.3 is 29.2 Å². The topological polar surface area (TPSA) is 111 Å². The Labute approximate surface area is 269 Å². The van der Waals surface area contributed by atoms with Crippen molar-refractivity contribution in [3.63, 3.8) is 0 Å². The molecule has 1 aliphatic rings. The summed E-state index contributed by atoms with van der Waals surface area (Å²) in [6.07, 6.45) is -0.550. The number of hydrogen-bond donors (Lipinski definition) is 1. The number of carbonyl (C=O) groups excluding carboxylic acids is 1. The first kappa shape index (κ1) is 35.7. The number of halogens is 5. The Kier molecular flexibility index (Phi) is 11.9. The lowest BCUT2D eigenvalue weighted by Crippen LogP contribution is -2.37. The molecule has 2 aromatic carbocycles. The van der Waals surface area contributed by atoms with Gasteiger partial charge >= 0.3 is 12.5 Å². The minimum Gasteiger partial charge on any atom is -0.444 e. The number of benzene rings is 2. The molecule has 0 saturated carbocycles. The van der Waals surface area contributed by atoms with E-state index in [2.05, 4.69) is 21.2 Å². The van der Waals surface area contributed by atoms with E-state index in [4.69, 9.17) is 14.2 Å². The zero-order valence-corrected chi connectivity index (χ0v) is 26.5. The lowest BCUT2D eigenvalue weighted by molar-refractivity contribution is -0.276. The summed E-state index contributed by atoms with van der Waals surface area (Å²) in [5, 5.41) is 18.3. The smallest absolute Gasteiger partial charge is 0.444 e. The maximum atomic E-state index is 14.3. The lowest BCUT2D eigenvalue weighted by atomic mass is 10.1. The van der Waals surface area contributed by atoms with Gasteiger partial charge in [-0.25, -0.2) is 18.3 Å². The predicted molar refractivity (Wildman–Crippen MR) is 162 cm³/mol. The lowest BCUT2D eigenvalue weighted by Gasteiger charge is -2.27. The molecule has 1 aliphatic heterocycles. The van der Waals surface area contributed by atoms with Gasteiger partial charge in [0.2, 0.25) is 5.75 Å². The van der Waals surface area contributed by atoms with E-state index in [9.17, 15) is 32.0 Å². The molecule has 3 aromatic rings. The Bertz CT molecular complexity index is 1540. The molecule has 0 aliphatic carbocycles. The summed E-state index contributed by atoms with van der Waals surface area (Å²) in [7, 11) is 0. The molecule has 2 heterocycles. The van der Waals surface area contributed by atoms with Crippen LogP contribution in [0.1, 0.15) is 70.2 Å². The van der Waals surface area contributed by atoms with Crippen molar-refractivity contribution < 1.29 is 45.7 Å². The fraction of sp³-hybridized carbons (Fsp3) is 0.531. The highest BCUT2D eigenvalue weighted by atomic mass is 19.4. The standard InChI is InChI=1S/C32H38F5N5O5/c1-31(2,3)47-30(43)41(20-22-14-24(33)29(25(34)15-22)46-32(35,36)37)10-5-7-11-44-13-9-39-26-16-21(18-38)17-27-23(26)19-40-42(27)28-8-4-6-12-45-28/h14-17,19,28,39H,4-13,20H2,1-3H3. The number of unbranched alkanes of at least 4 members (excludes halogenated alkanes) is 1. The van der Waals surface area contributed by atoms with E-state index in [1.807, 2.05) is 4.68 Å².